The van der Waals surface area contributed by atoms with Gasteiger partial charge in [-0.2, -0.15) is 0 Å². The summed E-state index contributed by atoms with van der Waals surface area (Å²) in [5, 5.41) is 3.67. The molecule has 0 saturated carbocycles. The Labute approximate surface area is 152 Å². The van der Waals surface area contributed by atoms with Gasteiger partial charge in [-0.3, -0.25) is 0 Å². The first-order valence-corrected chi connectivity index (χ1v) is 8.95. The van der Waals surface area contributed by atoms with Crippen LogP contribution in [0.2, 0.25) is 0 Å². The summed E-state index contributed by atoms with van der Waals surface area (Å²) >= 11 is 0. The molecule has 0 bridgehead atoms. The van der Waals surface area contributed by atoms with Gasteiger partial charge in [0.1, 0.15) is 0 Å². The lowest BCUT2D eigenvalue weighted by Gasteiger charge is -2.13. The molecule has 0 radical (unpaired) electrons. The van der Waals surface area contributed by atoms with Gasteiger partial charge in [0.05, 0.1) is 24.3 Å². The first-order valence-electron chi connectivity index (χ1n) is 8.95. The van der Waals surface area contributed by atoms with Crippen LogP contribution in [0.4, 0.5) is 0 Å². The fraction of sp³-hybridized carbons (Fsp3) is 0.273. The van der Waals surface area contributed by atoms with E-state index >= 15 is 0 Å². The van der Waals surface area contributed by atoms with Gasteiger partial charge in [-0.15, -0.1) is 0 Å². The number of esters is 2. The van der Waals surface area contributed by atoms with Crippen LogP contribution in [0.25, 0.3) is 21.5 Å². The van der Waals surface area contributed by atoms with Gasteiger partial charge in [0.15, 0.2) is 0 Å². The first-order chi connectivity index (χ1) is 12.7. The molecule has 0 amide bonds. The molecule has 0 heterocycles. The van der Waals surface area contributed by atoms with E-state index in [1.807, 2.05) is 56.3 Å². The lowest BCUT2D eigenvalue weighted by molar-refractivity contribution is 0.0460. The van der Waals surface area contributed by atoms with Gasteiger partial charge in [-0.05, 0) is 52.6 Å². The van der Waals surface area contributed by atoms with Crippen LogP contribution >= 0.6 is 0 Å². The molecule has 4 nitrogen and oxygen atoms in total. The molecular weight excluding hydrogens is 328 g/mol. The van der Waals surface area contributed by atoms with E-state index in [4.69, 9.17) is 9.47 Å². The molecule has 26 heavy (non-hydrogen) atoms. The Bertz CT molecular complexity index is 959. The van der Waals surface area contributed by atoms with Crippen molar-refractivity contribution < 1.29 is 19.1 Å². The molecule has 0 unspecified atom stereocenters. The molecule has 3 rings (SSSR count). The quantitative estimate of drug-likeness (QED) is 0.457. The zero-order valence-corrected chi connectivity index (χ0v) is 15.1. The highest BCUT2D eigenvalue weighted by Crippen LogP contribution is 2.29. The lowest BCUT2D eigenvalue weighted by atomic mass is 9.96. The van der Waals surface area contributed by atoms with Crippen molar-refractivity contribution in [2.75, 3.05) is 13.2 Å². The molecule has 0 atom stereocenters. The summed E-state index contributed by atoms with van der Waals surface area (Å²) in [5.74, 6) is -0.985. The number of hydrogen-bond acceptors (Lipinski definition) is 4. The van der Waals surface area contributed by atoms with Crippen molar-refractivity contribution in [2.45, 2.75) is 26.7 Å². The SMILES string of the molecule is CCCOC(=O)c1ccc2cc3ccccc3cc2c1C(=O)OCCC. The van der Waals surface area contributed by atoms with Gasteiger partial charge in [0, 0.05) is 0 Å². The van der Waals surface area contributed by atoms with Crippen molar-refractivity contribution in [3.8, 4) is 0 Å². The van der Waals surface area contributed by atoms with Crippen molar-refractivity contribution in [1.82, 2.24) is 0 Å². The highest BCUT2D eigenvalue weighted by molar-refractivity contribution is 6.15. The Balaban J connectivity index is 2.20. The van der Waals surface area contributed by atoms with Crippen LogP contribution in [0.15, 0.2) is 48.5 Å². The number of carbonyl (C=O) groups is 2. The summed E-state index contributed by atoms with van der Waals surface area (Å²) in [6.07, 6.45) is 1.44. The maximum atomic E-state index is 12.7. The predicted molar refractivity (Wildman–Crippen MR) is 103 cm³/mol. The van der Waals surface area contributed by atoms with E-state index in [1.54, 1.807) is 6.07 Å². The summed E-state index contributed by atoms with van der Waals surface area (Å²) < 4.78 is 10.6. The van der Waals surface area contributed by atoms with Crippen molar-refractivity contribution in [3.63, 3.8) is 0 Å². The fourth-order valence-corrected chi connectivity index (χ4v) is 2.94. The van der Waals surface area contributed by atoms with Crippen LogP contribution in [-0.2, 0) is 9.47 Å². The molecule has 3 aromatic carbocycles. The number of fused-ring (bicyclic) bond motifs is 2. The second kappa shape index (κ2) is 8.00. The summed E-state index contributed by atoms with van der Waals surface area (Å²) in [5.41, 5.74) is 0.533. The van der Waals surface area contributed by atoms with Gasteiger partial charge >= 0.3 is 11.9 Å². The summed E-state index contributed by atoms with van der Waals surface area (Å²) in [4.78, 5) is 25.2. The van der Waals surface area contributed by atoms with Gasteiger partial charge in [-0.1, -0.05) is 44.2 Å². The Morgan fingerprint density at radius 3 is 2.04 bits per heavy atom. The molecule has 0 aliphatic rings. The number of carbonyl (C=O) groups excluding carboxylic acids is 2. The normalized spacial score (nSPS) is 10.8. The minimum Gasteiger partial charge on any atom is -0.462 e. The number of ether oxygens (including phenoxy) is 2. The first kappa shape index (κ1) is 17.9. The third-order valence-corrected chi connectivity index (χ3v) is 4.18. The van der Waals surface area contributed by atoms with Crippen LogP contribution in [-0.4, -0.2) is 25.2 Å². The zero-order chi connectivity index (χ0) is 18.5. The van der Waals surface area contributed by atoms with E-state index in [-0.39, 0.29) is 11.1 Å². The lowest BCUT2D eigenvalue weighted by Crippen LogP contribution is -2.15. The van der Waals surface area contributed by atoms with Gasteiger partial charge in [0.25, 0.3) is 0 Å². The molecule has 0 aliphatic heterocycles. The van der Waals surface area contributed by atoms with Gasteiger partial charge in [0.2, 0.25) is 0 Å². The maximum absolute atomic E-state index is 12.7. The molecule has 0 saturated heterocycles. The summed E-state index contributed by atoms with van der Waals surface area (Å²) in [6.45, 7) is 4.49. The third-order valence-electron chi connectivity index (χ3n) is 4.18. The molecule has 0 fully saturated rings. The van der Waals surface area contributed by atoms with Crippen molar-refractivity contribution in [1.29, 1.82) is 0 Å². The van der Waals surface area contributed by atoms with Gasteiger partial charge in [-0.25, -0.2) is 9.59 Å². The highest BCUT2D eigenvalue weighted by Gasteiger charge is 2.22. The largest absolute Gasteiger partial charge is 0.462 e. The van der Waals surface area contributed by atoms with Crippen molar-refractivity contribution in [2.24, 2.45) is 0 Å². The van der Waals surface area contributed by atoms with Crippen LogP contribution in [0.3, 0.4) is 0 Å². The molecule has 0 aromatic heterocycles. The zero-order valence-electron chi connectivity index (χ0n) is 15.1. The van der Waals surface area contributed by atoms with Crippen LogP contribution in [0.5, 0.6) is 0 Å². The molecular formula is C22H22O4. The topological polar surface area (TPSA) is 52.6 Å². The minimum absolute atomic E-state index is 0.252. The Morgan fingerprint density at radius 1 is 0.769 bits per heavy atom. The number of hydrogen-bond donors (Lipinski definition) is 0. The van der Waals surface area contributed by atoms with Crippen LogP contribution < -0.4 is 0 Å². The van der Waals surface area contributed by atoms with E-state index < -0.39 is 11.9 Å². The second-order valence-corrected chi connectivity index (χ2v) is 6.18. The average Bonchev–Trinajstić information content (AvgIpc) is 2.67. The van der Waals surface area contributed by atoms with E-state index in [0.29, 0.717) is 18.6 Å². The van der Waals surface area contributed by atoms with Crippen LogP contribution in [0, 0.1) is 0 Å². The highest BCUT2D eigenvalue weighted by atomic mass is 16.5. The minimum atomic E-state index is -0.495. The summed E-state index contributed by atoms with van der Waals surface area (Å²) in [7, 11) is 0. The fourth-order valence-electron chi connectivity index (χ4n) is 2.94. The monoisotopic (exact) mass is 350 g/mol. The summed E-state index contributed by atoms with van der Waals surface area (Å²) in [6, 6.07) is 15.4. The van der Waals surface area contributed by atoms with E-state index in [0.717, 1.165) is 29.0 Å². The molecule has 0 aliphatic carbocycles. The molecule has 4 heteroatoms. The third kappa shape index (κ3) is 3.54. The van der Waals surface area contributed by atoms with Crippen molar-refractivity contribution in [3.05, 3.63) is 59.7 Å². The number of benzene rings is 3. The Kier molecular flexibility index (Phi) is 5.52. The van der Waals surface area contributed by atoms with Crippen molar-refractivity contribution >= 4 is 33.5 Å². The molecule has 3 aromatic rings. The van der Waals surface area contributed by atoms with Gasteiger partial charge < -0.3 is 9.47 Å². The molecule has 134 valence electrons. The predicted octanol–water partition coefficient (Wildman–Crippen LogP) is 5.13. The smallest absolute Gasteiger partial charge is 0.339 e. The molecule has 0 N–H and O–H groups in total. The average molecular weight is 350 g/mol. The molecule has 0 spiro atoms. The maximum Gasteiger partial charge on any atom is 0.339 e. The van der Waals surface area contributed by atoms with E-state index in [2.05, 4.69) is 0 Å². The van der Waals surface area contributed by atoms with E-state index in [1.165, 1.54) is 0 Å². The Hall–Kier alpha value is -2.88. The Morgan fingerprint density at radius 2 is 1.38 bits per heavy atom. The number of rotatable bonds is 6. The van der Waals surface area contributed by atoms with Crippen LogP contribution in [0.1, 0.15) is 47.4 Å². The second-order valence-electron chi connectivity index (χ2n) is 6.18. The van der Waals surface area contributed by atoms with E-state index in [9.17, 15) is 9.59 Å². The standard InChI is InChI=1S/C22H22O4/c1-3-11-25-21(23)18-10-9-17-13-15-7-5-6-8-16(15)14-19(17)20(18)22(24)26-12-4-2/h5-10,13-14H,3-4,11-12H2,1-2H3.